The van der Waals surface area contributed by atoms with Gasteiger partial charge in [-0.2, -0.15) is 0 Å². The van der Waals surface area contributed by atoms with Crippen molar-refractivity contribution in [3.8, 4) is 0 Å². The second kappa shape index (κ2) is 5.99. The van der Waals surface area contributed by atoms with E-state index in [0.717, 1.165) is 32.0 Å². The Morgan fingerprint density at radius 2 is 2.19 bits per heavy atom. The summed E-state index contributed by atoms with van der Waals surface area (Å²) in [4.78, 5) is 2.66. The molecule has 0 aromatic carbocycles. The molecular formula is C13H26N2O. The van der Waals surface area contributed by atoms with Crippen LogP contribution < -0.4 is 5.32 Å². The molecule has 2 saturated heterocycles. The lowest BCUT2D eigenvalue weighted by Gasteiger charge is -2.40. The van der Waals surface area contributed by atoms with Crippen LogP contribution in [0.3, 0.4) is 0 Å². The summed E-state index contributed by atoms with van der Waals surface area (Å²) in [6, 6.07) is 1.40. The molecule has 0 radical (unpaired) electrons. The third kappa shape index (κ3) is 3.19. The minimum absolute atomic E-state index is 0.304. The molecule has 0 aliphatic carbocycles. The normalized spacial score (nSPS) is 33.2. The van der Waals surface area contributed by atoms with Crippen molar-refractivity contribution in [3.63, 3.8) is 0 Å². The summed E-state index contributed by atoms with van der Waals surface area (Å²) in [5.41, 5.74) is 0. The van der Waals surface area contributed by atoms with E-state index in [2.05, 4.69) is 24.1 Å². The molecule has 0 saturated carbocycles. The minimum atomic E-state index is 0.304. The van der Waals surface area contributed by atoms with Crippen LogP contribution in [-0.2, 0) is 4.74 Å². The first-order valence-electron chi connectivity index (χ1n) is 6.88. The minimum Gasteiger partial charge on any atom is -0.363 e. The molecule has 0 spiro atoms. The average Bonchev–Trinajstić information content (AvgIpc) is 2.31. The van der Waals surface area contributed by atoms with Gasteiger partial charge in [0, 0.05) is 25.1 Å². The van der Waals surface area contributed by atoms with Gasteiger partial charge in [-0.1, -0.05) is 6.42 Å². The molecule has 0 aromatic rings. The molecule has 2 unspecified atom stereocenters. The molecule has 0 aromatic heterocycles. The summed E-state index contributed by atoms with van der Waals surface area (Å²) in [6.07, 6.45) is 6.74. The lowest BCUT2D eigenvalue weighted by Crippen LogP contribution is -2.49. The smallest absolute Gasteiger partial charge is 0.109 e. The number of piperidine rings is 1. The van der Waals surface area contributed by atoms with Crippen molar-refractivity contribution in [2.75, 3.05) is 19.7 Å². The molecule has 2 aliphatic rings. The lowest BCUT2D eigenvalue weighted by molar-refractivity contribution is -0.0294. The van der Waals surface area contributed by atoms with Crippen molar-refractivity contribution >= 4 is 0 Å². The first-order chi connectivity index (χ1) is 7.77. The molecule has 2 aliphatic heterocycles. The Morgan fingerprint density at radius 1 is 1.31 bits per heavy atom. The van der Waals surface area contributed by atoms with Crippen molar-refractivity contribution in [3.05, 3.63) is 0 Å². The maximum Gasteiger partial charge on any atom is 0.109 e. The van der Waals surface area contributed by atoms with Crippen LogP contribution in [0.15, 0.2) is 0 Å². The van der Waals surface area contributed by atoms with Crippen molar-refractivity contribution in [1.29, 1.82) is 0 Å². The van der Waals surface area contributed by atoms with Gasteiger partial charge in [0.2, 0.25) is 0 Å². The molecule has 2 fully saturated rings. The molecule has 3 heteroatoms. The van der Waals surface area contributed by atoms with Gasteiger partial charge in [0.25, 0.3) is 0 Å². The van der Waals surface area contributed by atoms with Gasteiger partial charge >= 0.3 is 0 Å². The first-order valence-corrected chi connectivity index (χ1v) is 6.88. The van der Waals surface area contributed by atoms with Crippen molar-refractivity contribution in [2.24, 2.45) is 0 Å². The zero-order valence-electron chi connectivity index (χ0n) is 10.7. The van der Waals surface area contributed by atoms with Crippen molar-refractivity contribution in [2.45, 2.75) is 64.3 Å². The van der Waals surface area contributed by atoms with Gasteiger partial charge in [0.1, 0.15) is 6.23 Å². The summed E-state index contributed by atoms with van der Waals surface area (Å²) in [5, 5.41) is 3.48. The maximum atomic E-state index is 5.77. The molecule has 2 atom stereocenters. The zero-order chi connectivity index (χ0) is 11.4. The molecule has 2 rings (SSSR count). The highest BCUT2D eigenvalue weighted by Crippen LogP contribution is 2.23. The predicted molar refractivity (Wildman–Crippen MR) is 66.5 cm³/mol. The average molecular weight is 226 g/mol. The lowest BCUT2D eigenvalue weighted by atomic mass is 9.97. The highest BCUT2D eigenvalue weighted by atomic mass is 16.5. The van der Waals surface area contributed by atoms with Crippen LogP contribution in [-0.4, -0.2) is 42.9 Å². The molecule has 3 nitrogen and oxygen atoms in total. The maximum absolute atomic E-state index is 5.77. The van der Waals surface area contributed by atoms with E-state index in [1.165, 1.54) is 25.8 Å². The Morgan fingerprint density at radius 3 is 2.88 bits per heavy atom. The van der Waals surface area contributed by atoms with Crippen LogP contribution in [0.25, 0.3) is 0 Å². The first kappa shape index (κ1) is 12.3. The molecule has 2 heterocycles. The van der Waals surface area contributed by atoms with Crippen LogP contribution >= 0.6 is 0 Å². The Labute approximate surface area is 99.5 Å². The number of ether oxygens (including phenoxy) is 1. The van der Waals surface area contributed by atoms with Gasteiger partial charge in [0.15, 0.2) is 0 Å². The molecule has 0 bridgehead atoms. The molecular weight excluding hydrogens is 200 g/mol. The highest BCUT2D eigenvalue weighted by Gasteiger charge is 2.27. The number of hydrogen-bond donors (Lipinski definition) is 1. The van der Waals surface area contributed by atoms with Gasteiger partial charge in [0.05, 0.1) is 0 Å². The summed E-state index contributed by atoms with van der Waals surface area (Å²) in [7, 11) is 0. The third-order valence-corrected chi connectivity index (χ3v) is 3.83. The summed E-state index contributed by atoms with van der Waals surface area (Å²) >= 11 is 0. The SMILES string of the molecule is CC(C)N1CCCCC1CC1NCCCO1. The van der Waals surface area contributed by atoms with Gasteiger partial charge < -0.3 is 4.74 Å². The highest BCUT2D eigenvalue weighted by molar-refractivity contribution is 4.82. The summed E-state index contributed by atoms with van der Waals surface area (Å²) in [6.45, 7) is 7.96. The number of nitrogens with zero attached hydrogens (tertiary/aromatic N) is 1. The number of hydrogen-bond acceptors (Lipinski definition) is 3. The summed E-state index contributed by atoms with van der Waals surface area (Å²) < 4.78 is 5.77. The van der Waals surface area contributed by atoms with E-state index in [1.54, 1.807) is 0 Å². The fraction of sp³-hybridized carbons (Fsp3) is 1.00. The molecule has 0 amide bonds. The van der Waals surface area contributed by atoms with E-state index in [-0.39, 0.29) is 0 Å². The number of likely N-dealkylation sites (tertiary alicyclic amines) is 1. The van der Waals surface area contributed by atoms with Crippen LogP contribution in [0.4, 0.5) is 0 Å². The Hall–Kier alpha value is -0.120. The zero-order valence-corrected chi connectivity index (χ0v) is 10.7. The van der Waals surface area contributed by atoms with Gasteiger partial charge in [-0.15, -0.1) is 0 Å². The Balaban J connectivity index is 1.85. The van der Waals surface area contributed by atoms with E-state index >= 15 is 0 Å². The summed E-state index contributed by atoms with van der Waals surface area (Å²) in [5.74, 6) is 0. The topological polar surface area (TPSA) is 24.5 Å². The van der Waals surface area contributed by atoms with E-state index in [9.17, 15) is 0 Å². The number of nitrogens with one attached hydrogen (secondary N) is 1. The second-order valence-electron chi connectivity index (χ2n) is 5.38. The van der Waals surface area contributed by atoms with Crippen LogP contribution in [0.2, 0.25) is 0 Å². The van der Waals surface area contributed by atoms with Crippen molar-refractivity contribution < 1.29 is 4.74 Å². The largest absolute Gasteiger partial charge is 0.363 e. The van der Waals surface area contributed by atoms with Crippen LogP contribution in [0, 0.1) is 0 Å². The predicted octanol–water partition coefficient (Wildman–Crippen LogP) is 1.98. The second-order valence-corrected chi connectivity index (χ2v) is 5.38. The standard InChI is InChI=1S/C13H26N2O/c1-11(2)15-8-4-3-6-12(15)10-13-14-7-5-9-16-13/h11-14H,3-10H2,1-2H3. The van der Waals surface area contributed by atoms with E-state index < -0.39 is 0 Å². The Bertz CT molecular complexity index is 202. The van der Waals surface area contributed by atoms with Crippen molar-refractivity contribution in [1.82, 2.24) is 10.2 Å². The van der Waals surface area contributed by atoms with Gasteiger partial charge in [-0.05, 0) is 46.2 Å². The third-order valence-electron chi connectivity index (χ3n) is 3.83. The van der Waals surface area contributed by atoms with E-state index in [4.69, 9.17) is 4.74 Å². The Kier molecular flexibility index (Phi) is 4.62. The van der Waals surface area contributed by atoms with Crippen LogP contribution in [0.5, 0.6) is 0 Å². The molecule has 1 N–H and O–H groups in total. The fourth-order valence-electron chi connectivity index (χ4n) is 2.97. The van der Waals surface area contributed by atoms with Gasteiger partial charge in [-0.25, -0.2) is 0 Å². The number of rotatable bonds is 3. The molecule has 16 heavy (non-hydrogen) atoms. The monoisotopic (exact) mass is 226 g/mol. The van der Waals surface area contributed by atoms with E-state index in [1.807, 2.05) is 0 Å². The quantitative estimate of drug-likeness (QED) is 0.796. The van der Waals surface area contributed by atoms with Gasteiger partial charge in [-0.3, -0.25) is 10.2 Å². The van der Waals surface area contributed by atoms with Crippen LogP contribution in [0.1, 0.15) is 46.0 Å². The molecule has 94 valence electrons. The fourth-order valence-corrected chi connectivity index (χ4v) is 2.97. The van der Waals surface area contributed by atoms with E-state index in [0.29, 0.717) is 12.3 Å².